The summed E-state index contributed by atoms with van der Waals surface area (Å²) < 4.78 is 13.3. The van der Waals surface area contributed by atoms with Gasteiger partial charge in [-0.05, 0) is 55.0 Å². The molecule has 1 aliphatic heterocycles. The van der Waals surface area contributed by atoms with E-state index >= 15 is 0 Å². The maximum atomic E-state index is 13.6. The van der Waals surface area contributed by atoms with Crippen molar-refractivity contribution < 1.29 is 14.3 Å². The maximum Gasteiger partial charge on any atom is 0.233 e. The molecule has 0 saturated heterocycles. The van der Waals surface area contributed by atoms with E-state index in [9.17, 15) is 4.79 Å². The lowest BCUT2D eigenvalue weighted by molar-refractivity contribution is -0.130. The Bertz CT molecular complexity index is 1180. The number of benzene rings is 2. The first kappa shape index (κ1) is 22.8. The van der Waals surface area contributed by atoms with E-state index in [1.54, 1.807) is 14.2 Å². The number of carbonyl (C=O) groups is 1. The third-order valence-corrected chi connectivity index (χ3v) is 7.59. The molecule has 1 atom stereocenters. The Labute approximate surface area is 204 Å². The van der Waals surface area contributed by atoms with Crippen LogP contribution in [0.15, 0.2) is 47.6 Å². The normalized spacial score (nSPS) is 17.4. The quantitative estimate of drug-likeness (QED) is 0.445. The Hall–Kier alpha value is -3.00. The summed E-state index contributed by atoms with van der Waals surface area (Å²) in [5.74, 6) is 3.41. The number of ether oxygens (including phenoxy) is 2. The lowest BCUT2D eigenvalue weighted by atomic mass is 9.87. The molecule has 2 aromatic carbocycles. The molecule has 2 aliphatic rings. The summed E-state index contributed by atoms with van der Waals surface area (Å²) >= 11 is 1.49. The maximum absolute atomic E-state index is 13.6. The van der Waals surface area contributed by atoms with Crippen LogP contribution >= 0.6 is 11.8 Å². The average molecular weight is 479 g/mol. The second-order valence-corrected chi connectivity index (χ2v) is 9.65. The van der Waals surface area contributed by atoms with Crippen molar-refractivity contribution in [2.45, 2.75) is 49.8 Å². The highest BCUT2D eigenvalue weighted by Gasteiger charge is 2.34. The van der Waals surface area contributed by atoms with Crippen molar-refractivity contribution in [2.75, 3.05) is 26.5 Å². The van der Waals surface area contributed by atoms with Crippen molar-refractivity contribution in [3.05, 3.63) is 65.0 Å². The number of aromatic nitrogens is 3. The number of fused-ring (bicyclic) bond motifs is 1. The van der Waals surface area contributed by atoms with Crippen LogP contribution in [0.1, 0.15) is 54.2 Å². The fraction of sp³-hybridized carbons (Fsp3) is 0.423. The highest BCUT2D eigenvalue weighted by Crippen LogP contribution is 2.42. The van der Waals surface area contributed by atoms with Crippen molar-refractivity contribution in [1.82, 2.24) is 19.7 Å². The fourth-order valence-electron chi connectivity index (χ4n) is 4.77. The summed E-state index contributed by atoms with van der Waals surface area (Å²) in [6, 6.07) is 14.1. The van der Waals surface area contributed by atoms with Crippen LogP contribution in [0.25, 0.3) is 0 Å². The molecule has 1 aromatic heterocycles. The van der Waals surface area contributed by atoms with Gasteiger partial charge in [0.1, 0.15) is 5.82 Å². The number of amides is 1. The summed E-state index contributed by atoms with van der Waals surface area (Å²) in [6.07, 6.45) is 3.14. The van der Waals surface area contributed by atoms with Gasteiger partial charge in [-0.1, -0.05) is 42.1 Å². The SMILES string of the molecule is CCn1c(SCC(=O)N2CCc3cc(OC)c(OC)cc3[C@H]2c2ccccc2)nnc1C1CC1. The lowest BCUT2D eigenvalue weighted by Crippen LogP contribution is -2.41. The number of carbonyl (C=O) groups excluding carboxylic acids is 1. The standard InChI is InChI=1S/C26H30N4O3S/c1-4-29-25(18-10-11-18)27-28-26(29)34-16-23(31)30-13-12-19-14-21(32-2)22(33-3)15-20(19)24(30)17-8-6-5-7-9-17/h5-9,14-15,18,24H,4,10-13,16H2,1-3H3/t24-/m1/s1. The molecule has 34 heavy (non-hydrogen) atoms. The van der Waals surface area contributed by atoms with Gasteiger partial charge in [-0.15, -0.1) is 10.2 Å². The van der Waals surface area contributed by atoms with Crippen LogP contribution in [0.5, 0.6) is 11.5 Å². The van der Waals surface area contributed by atoms with Gasteiger partial charge in [0, 0.05) is 19.0 Å². The van der Waals surface area contributed by atoms with Gasteiger partial charge in [0.15, 0.2) is 16.7 Å². The van der Waals surface area contributed by atoms with Gasteiger partial charge in [0.05, 0.1) is 26.0 Å². The molecule has 2 heterocycles. The number of hydrogen-bond acceptors (Lipinski definition) is 6. The number of nitrogens with zero attached hydrogens (tertiary/aromatic N) is 4. The molecule has 1 fully saturated rings. The second-order valence-electron chi connectivity index (χ2n) is 8.70. The van der Waals surface area contributed by atoms with Gasteiger partial charge < -0.3 is 18.9 Å². The smallest absolute Gasteiger partial charge is 0.233 e. The van der Waals surface area contributed by atoms with Crippen LogP contribution in [0.2, 0.25) is 0 Å². The fourth-order valence-corrected chi connectivity index (χ4v) is 5.66. The minimum absolute atomic E-state index is 0.0953. The molecule has 0 N–H and O–H groups in total. The van der Waals surface area contributed by atoms with Crippen molar-refractivity contribution in [1.29, 1.82) is 0 Å². The van der Waals surface area contributed by atoms with Crippen molar-refractivity contribution in [3.63, 3.8) is 0 Å². The predicted octanol–water partition coefficient (Wildman–Crippen LogP) is 4.46. The van der Waals surface area contributed by atoms with Crippen LogP contribution in [-0.2, 0) is 17.8 Å². The van der Waals surface area contributed by atoms with Crippen LogP contribution in [0.3, 0.4) is 0 Å². The van der Waals surface area contributed by atoms with Crippen LogP contribution in [0, 0.1) is 0 Å². The van der Waals surface area contributed by atoms with Gasteiger partial charge in [-0.25, -0.2) is 0 Å². The molecule has 0 unspecified atom stereocenters. The Kier molecular flexibility index (Phi) is 6.50. The summed E-state index contributed by atoms with van der Waals surface area (Å²) in [7, 11) is 3.29. The number of hydrogen-bond donors (Lipinski definition) is 0. The van der Waals surface area contributed by atoms with Gasteiger partial charge in [-0.3, -0.25) is 4.79 Å². The first-order chi connectivity index (χ1) is 16.6. The Morgan fingerprint density at radius 3 is 2.50 bits per heavy atom. The van der Waals surface area contributed by atoms with E-state index < -0.39 is 0 Å². The largest absolute Gasteiger partial charge is 0.493 e. The first-order valence-corrected chi connectivity index (χ1v) is 12.8. The van der Waals surface area contributed by atoms with E-state index in [1.807, 2.05) is 35.2 Å². The van der Waals surface area contributed by atoms with Gasteiger partial charge >= 0.3 is 0 Å². The van der Waals surface area contributed by atoms with Crippen LogP contribution in [-0.4, -0.2) is 52.1 Å². The highest BCUT2D eigenvalue weighted by atomic mass is 32.2. The molecule has 0 radical (unpaired) electrons. The van der Waals surface area contributed by atoms with Crippen LogP contribution in [0.4, 0.5) is 0 Å². The topological polar surface area (TPSA) is 69.5 Å². The Morgan fingerprint density at radius 1 is 1.09 bits per heavy atom. The van der Waals surface area contributed by atoms with E-state index in [1.165, 1.54) is 30.2 Å². The minimum atomic E-state index is -0.177. The molecule has 5 rings (SSSR count). The second kappa shape index (κ2) is 9.70. The van der Waals surface area contributed by atoms with Gasteiger partial charge in [-0.2, -0.15) is 0 Å². The third-order valence-electron chi connectivity index (χ3n) is 6.64. The highest BCUT2D eigenvalue weighted by molar-refractivity contribution is 7.99. The Morgan fingerprint density at radius 2 is 1.82 bits per heavy atom. The molecule has 0 bridgehead atoms. The zero-order valence-corrected chi connectivity index (χ0v) is 20.7. The zero-order valence-electron chi connectivity index (χ0n) is 19.9. The van der Waals surface area contributed by atoms with E-state index in [0.29, 0.717) is 29.7 Å². The van der Waals surface area contributed by atoms with Crippen molar-refractivity contribution >= 4 is 17.7 Å². The van der Waals surface area contributed by atoms with E-state index in [4.69, 9.17) is 9.47 Å². The summed E-state index contributed by atoms with van der Waals surface area (Å²) in [4.78, 5) is 15.6. The minimum Gasteiger partial charge on any atom is -0.493 e. The molecule has 178 valence electrons. The molecule has 1 amide bonds. The molecule has 8 heteroatoms. The molecule has 1 saturated carbocycles. The third kappa shape index (κ3) is 4.27. The molecule has 1 aliphatic carbocycles. The molecule has 0 spiro atoms. The summed E-state index contributed by atoms with van der Waals surface area (Å²) in [6.45, 7) is 3.58. The number of rotatable bonds is 8. The molecular weight excluding hydrogens is 448 g/mol. The predicted molar refractivity (Wildman–Crippen MR) is 132 cm³/mol. The van der Waals surface area contributed by atoms with Crippen molar-refractivity contribution in [2.24, 2.45) is 0 Å². The molecule has 7 nitrogen and oxygen atoms in total. The monoisotopic (exact) mass is 478 g/mol. The van der Waals surface area contributed by atoms with E-state index in [0.717, 1.165) is 35.1 Å². The zero-order chi connectivity index (χ0) is 23.7. The molecule has 3 aromatic rings. The first-order valence-electron chi connectivity index (χ1n) is 11.8. The van der Waals surface area contributed by atoms with Gasteiger partial charge in [0.2, 0.25) is 5.91 Å². The van der Waals surface area contributed by atoms with Crippen LogP contribution < -0.4 is 9.47 Å². The average Bonchev–Trinajstić information content (AvgIpc) is 3.65. The van der Waals surface area contributed by atoms with E-state index in [2.05, 4.69) is 33.8 Å². The number of thioether (sulfide) groups is 1. The summed E-state index contributed by atoms with van der Waals surface area (Å²) in [5.41, 5.74) is 3.35. The van der Waals surface area contributed by atoms with Gasteiger partial charge in [0.25, 0.3) is 0 Å². The van der Waals surface area contributed by atoms with E-state index in [-0.39, 0.29) is 11.9 Å². The summed E-state index contributed by atoms with van der Waals surface area (Å²) in [5, 5.41) is 9.63. The van der Waals surface area contributed by atoms with Crippen molar-refractivity contribution in [3.8, 4) is 11.5 Å². The molecular formula is C26H30N4O3S. The lowest BCUT2D eigenvalue weighted by Gasteiger charge is -2.38. The number of methoxy groups -OCH3 is 2. The Balaban J connectivity index is 1.43.